The SMILES string of the molecule is CC(C)(C)OC(=O)N1CC2(CCc3ccc(O)cc3O2)C1. The van der Waals surface area contributed by atoms with Crippen LogP contribution < -0.4 is 4.74 Å². The van der Waals surface area contributed by atoms with Crippen molar-refractivity contribution in [3.05, 3.63) is 23.8 Å². The van der Waals surface area contributed by atoms with Crippen molar-refractivity contribution in [2.24, 2.45) is 0 Å². The Hall–Kier alpha value is -1.91. The third-order valence-electron chi connectivity index (χ3n) is 3.84. The Balaban J connectivity index is 1.64. The third kappa shape index (κ3) is 2.77. The van der Waals surface area contributed by atoms with Crippen molar-refractivity contribution in [3.63, 3.8) is 0 Å². The first-order valence-electron chi connectivity index (χ1n) is 7.25. The van der Waals surface area contributed by atoms with Crippen LogP contribution in [-0.2, 0) is 11.2 Å². The predicted molar refractivity (Wildman–Crippen MR) is 77.6 cm³/mol. The zero-order valence-corrected chi connectivity index (χ0v) is 12.7. The Kier molecular flexibility index (Phi) is 3.04. The molecule has 2 heterocycles. The molecule has 5 heteroatoms. The number of aryl methyl sites for hydroxylation is 1. The van der Waals surface area contributed by atoms with Crippen LogP contribution in [0.4, 0.5) is 4.79 Å². The van der Waals surface area contributed by atoms with Crippen LogP contribution in [-0.4, -0.2) is 40.4 Å². The second-order valence-electron chi connectivity index (χ2n) is 6.91. The van der Waals surface area contributed by atoms with E-state index >= 15 is 0 Å². The highest BCUT2D eigenvalue weighted by molar-refractivity contribution is 5.69. The van der Waals surface area contributed by atoms with Crippen molar-refractivity contribution in [2.75, 3.05) is 13.1 Å². The molecule has 0 atom stereocenters. The quantitative estimate of drug-likeness (QED) is 0.798. The summed E-state index contributed by atoms with van der Waals surface area (Å²) >= 11 is 0. The van der Waals surface area contributed by atoms with Gasteiger partial charge in [0.05, 0.1) is 13.1 Å². The molecule has 1 amide bonds. The molecule has 1 spiro atoms. The highest BCUT2D eigenvalue weighted by Gasteiger charge is 2.50. The fraction of sp³-hybridized carbons (Fsp3) is 0.562. The smallest absolute Gasteiger partial charge is 0.410 e. The molecule has 1 N–H and O–H groups in total. The number of hydrogen-bond acceptors (Lipinski definition) is 4. The van der Waals surface area contributed by atoms with Crippen LogP contribution in [0.2, 0.25) is 0 Å². The first-order valence-corrected chi connectivity index (χ1v) is 7.25. The van der Waals surface area contributed by atoms with Gasteiger partial charge in [0.1, 0.15) is 22.7 Å². The van der Waals surface area contributed by atoms with E-state index in [9.17, 15) is 9.90 Å². The van der Waals surface area contributed by atoms with Gasteiger partial charge >= 0.3 is 6.09 Å². The summed E-state index contributed by atoms with van der Waals surface area (Å²) < 4.78 is 11.4. The Morgan fingerprint density at radius 3 is 2.76 bits per heavy atom. The van der Waals surface area contributed by atoms with Gasteiger partial charge in [0.15, 0.2) is 0 Å². The maximum Gasteiger partial charge on any atom is 0.410 e. The van der Waals surface area contributed by atoms with Gasteiger partial charge in [-0.05, 0) is 45.2 Å². The fourth-order valence-corrected chi connectivity index (χ4v) is 2.82. The lowest BCUT2D eigenvalue weighted by Crippen LogP contribution is -2.67. The number of phenolic OH excluding ortho intramolecular Hbond substituents is 1. The van der Waals surface area contributed by atoms with E-state index in [0.29, 0.717) is 13.1 Å². The molecule has 2 aliphatic rings. The Labute approximate surface area is 124 Å². The van der Waals surface area contributed by atoms with Crippen LogP contribution in [0.15, 0.2) is 18.2 Å². The number of hydrogen-bond donors (Lipinski definition) is 1. The molecule has 0 bridgehead atoms. The topological polar surface area (TPSA) is 59.0 Å². The van der Waals surface area contributed by atoms with E-state index in [0.717, 1.165) is 24.2 Å². The molecule has 0 saturated carbocycles. The Morgan fingerprint density at radius 2 is 2.10 bits per heavy atom. The minimum atomic E-state index is -0.481. The molecule has 1 aromatic carbocycles. The molecule has 0 aliphatic carbocycles. The maximum absolute atomic E-state index is 12.0. The summed E-state index contributed by atoms with van der Waals surface area (Å²) in [7, 11) is 0. The van der Waals surface area contributed by atoms with Crippen LogP contribution in [0.25, 0.3) is 0 Å². The molecule has 3 rings (SSSR count). The number of benzene rings is 1. The van der Waals surface area contributed by atoms with Crippen molar-refractivity contribution < 1.29 is 19.4 Å². The number of ether oxygens (including phenoxy) is 2. The lowest BCUT2D eigenvalue weighted by Gasteiger charge is -2.51. The monoisotopic (exact) mass is 291 g/mol. The molecular weight excluding hydrogens is 270 g/mol. The molecule has 1 saturated heterocycles. The number of fused-ring (bicyclic) bond motifs is 1. The van der Waals surface area contributed by atoms with Crippen molar-refractivity contribution in [1.29, 1.82) is 0 Å². The third-order valence-corrected chi connectivity index (χ3v) is 3.84. The molecule has 0 unspecified atom stereocenters. The summed E-state index contributed by atoms with van der Waals surface area (Å²) in [4.78, 5) is 13.6. The van der Waals surface area contributed by atoms with Gasteiger partial charge in [-0.15, -0.1) is 0 Å². The number of amides is 1. The minimum absolute atomic E-state index is 0.203. The van der Waals surface area contributed by atoms with Gasteiger partial charge in [0.2, 0.25) is 0 Å². The lowest BCUT2D eigenvalue weighted by molar-refractivity contribution is -0.0914. The summed E-state index contributed by atoms with van der Waals surface area (Å²) in [5.41, 5.74) is 0.303. The van der Waals surface area contributed by atoms with Gasteiger partial charge in [-0.2, -0.15) is 0 Å². The molecule has 0 radical (unpaired) electrons. The summed E-state index contributed by atoms with van der Waals surface area (Å²) in [5.74, 6) is 0.930. The molecule has 2 aliphatic heterocycles. The molecular formula is C16H21NO4. The first kappa shape index (κ1) is 14.0. The van der Waals surface area contributed by atoms with Crippen LogP contribution >= 0.6 is 0 Å². The maximum atomic E-state index is 12.0. The van der Waals surface area contributed by atoms with Gasteiger partial charge in [-0.25, -0.2) is 4.79 Å². The second kappa shape index (κ2) is 4.55. The van der Waals surface area contributed by atoms with E-state index < -0.39 is 5.60 Å². The molecule has 21 heavy (non-hydrogen) atoms. The van der Waals surface area contributed by atoms with E-state index in [2.05, 4.69) is 0 Å². The lowest BCUT2D eigenvalue weighted by atomic mass is 9.85. The molecule has 1 fully saturated rings. The standard InChI is InChI=1S/C16H21NO4/c1-15(2,3)21-14(19)17-9-16(10-17)7-6-11-4-5-12(18)8-13(11)20-16/h4-5,8,18H,6-7,9-10H2,1-3H3. The molecule has 1 aromatic rings. The summed E-state index contributed by atoms with van der Waals surface area (Å²) in [6.07, 6.45) is 1.49. The highest BCUT2D eigenvalue weighted by Crippen LogP contribution is 2.40. The van der Waals surface area contributed by atoms with Gasteiger partial charge in [0.25, 0.3) is 0 Å². The van der Waals surface area contributed by atoms with Gasteiger partial charge < -0.3 is 19.5 Å². The number of carbonyl (C=O) groups excluding carboxylic acids is 1. The van der Waals surface area contributed by atoms with Crippen LogP contribution in [0, 0.1) is 0 Å². The predicted octanol–water partition coefficient (Wildman–Crippen LogP) is 2.71. The summed E-state index contributed by atoms with van der Waals surface area (Å²) in [5, 5.41) is 9.55. The number of aromatic hydroxyl groups is 1. The van der Waals surface area contributed by atoms with Crippen molar-refractivity contribution >= 4 is 6.09 Å². The zero-order chi connectivity index (χ0) is 15.3. The van der Waals surface area contributed by atoms with E-state index in [-0.39, 0.29) is 17.4 Å². The van der Waals surface area contributed by atoms with Gasteiger partial charge in [-0.3, -0.25) is 0 Å². The number of carbonyl (C=O) groups is 1. The number of likely N-dealkylation sites (tertiary alicyclic amines) is 1. The van der Waals surface area contributed by atoms with E-state index in [1.807, 2.05) is 26.8 Å². The first-order chi connectivity index (χ1) is 9.76. The van der Waals surface area contributed by atoms with Crippen molar-refractivity contribution in [2.45, 2.75) is 44.8 Å². The van der Waals surface area contributed by atoms with Crippen LogP contribution in [0.5, 0.6) is 11.5 Å². The average Bonchev–Trinajstić information content (AvgIpc) is 2.32. The summed E-state index contributed by atoms with van der Waals surface area (Å²) in [6.45, 7) is 6.65. The van der Waals surface area contributed by atoms with Crippen molar-refractivity contribution in [3.8, 4) is 11.5 Å². The normalized spacial score (nSPS) is 19.5. The number of rotatable bonds is 0. The molecule has 114 valence electrons. The number of phenols is 1. The zero-order valence-electron chi connectivity index (χ0n) is 12.7. The van der Waals surface area contributed by atoms with E-state index in [1.165, 1.54) is 0 Å². The fourth-order valence-electron chi connectivity index (χ4n) is 2.82. The highest BCUT2D eigenvalue weighted by atomic mass is 16.6. The van der Waals surface area contributed by atoms with Gasteiger partial charge in [-0.1, -0.05) is 6.07 Å². The van der Waals surface area contributed by atoms with E-state index in [4.69, 9.17) is 9.47 Å². The van der Waals surface area contributed by atoms with E-state index in [1.54, 1.807) is 17.0 Å². The number of nitrogens with zero attached hydrogens (tertiary/aromatic N) is 1. The second-order valence-corrected chi connectivity index (χ2v) is 6.91. The average molecular weight is 291 g/mol. The van der Waals surface area contributed by atoms with Crippen LogP contribution in [0.3, 0.4) is 0 Å². The van der Waals surface area contributed by atoms with Gasteiger partial charge in [0, 0.05) is 6.07 Å². The minimum Gasteiger partial charge on any atom is -0.508 e. The molecule has 0 aromatic heterocycles. The van der Waals surface area contributed by atoms with Crippen LogP contribution in [0.1, 0.15) is 32.8 Å². The molecule has 5 nitrogen and oxygen atoms in total. The summed E-state index contributed by atoms with van der Waals surface area (Å²) in [6, 6.07) is 5.21. The Bertz CT molecular complexity index is 570. The Morgan fingerprint density at radius 1 is 1.38 bits per heavy atom. The largest absolute Gasteiger partial charge is 0.508 e. The van der Waals surface area contributed by atoms with Crippen molar-refractivity contribution in [1.82, 2.24) is 4.90 Å².